The summed E-state index contributed by atoms with van der Waals surface area (Å²) in [5.74, 6) is 1.24. The van der Waals surface area contributed by atoms with Crippen molar-refractivity contribution in [1.29, 1.82) is 0 Å². The summed E-state index contributed by atoms with van der Waals surface area (Å²) in [6, 6.07) is 5.92. The molecule has 1 aromatic carbocycles. The molecule has 0 aromatic heterocycles. The fourth-order valence-corrected chi connectivity index (χ4v) is 3.11. The van der Waals surface area contributed by atoms with Crippen LogP contribution in [0.2, 0.25) is 0 Å². The van der Waals surface area contributed by atoms with E-state index < -0.39 is 0 Å². The van der Waals surface area contributed by atoms with E-state index in [-0.39, 0.29) is 5.78 Å². The molecule has 3 rings (SSSR count). The van der Waals surface area contributed by atoms with Gasteiger partial charge in [-0.25, -0.2) is 0 Å². The topological polar surface area (TPSA) is 26.3 Å². The first-order chi connectivity index (χ1) is 8.84. The molecule has 0 bridgehead atoms. The van der Waals surface area contributed by atoms with E-state index in [1.165, 1.54) is 25.7 Å². The van der Waals surface area contributed by atoms with Crippen LogP contribution in [-0.2, 0) is 6.42 Å². The Morgan fingerprint density at radius 2 is 1.78 bits per heavy atom. The molecule has 96 valence electrons. The van der Waals surface area contributed by atoms with Crippen molar-refractivity contribution in [1.82, 2.24) is 0 Å². The van der Waals surface area contributed by atoms with Gasteiger partial charge < -0.3 is 4.74 Å². The van der Waals surface area contributed by atoms with Gasteiger partial charge in [0.2, 0.25) is 0 Å². The van der Waals surface area contributed by atoms with Gasteiger partial charge in [0.25, 0.3) is 0 Å². The average Bonchev–Trinajstić information content (AvgIpc) is 2.62. The lowest BCUT2D eigenvalue weighted by Crippen LogP contribution is -2.16. The highest BCUT2D eigenvalue weighted by Gasteiger charge is 2.24. The molecular formula is C16H20O2. The summed E-state index contributed by atoms with van der Waals surface area (Å²) in [7, 11) is 0. The molecule has 1 fully saturated rings. The van der Waals surface area contributed by atoms with Crippen LogP contribution < -0.4 is 4.74 Å². The number of hydrogen-bond donors (Lipinski definition) is 0. The van der Waals surface area contributed by atoms with Gasteiger partial charge >= 0.3 is 0 Å². The Balaban J connectivity index is 1.78. The number of ether oxygens (including phenoxy) is 1. The summed E-state index contributed by atoms with van der Waals surface area (Å²) in [4.78, 5) is 11.7. The second-order valence-corrected chi connectivity index (χ2v) is 5.44. The number of carbonyl (C=O) groups is 1. The molecule has 0 N–H and O–H groups in total. The predicted octanol–water partition coefficient (Wildman–Crippen LogP) is 3.92. The van der Waals surface area contributed by atoms with Gasteiger partial charge in [-0.05, 0) is 38.2 Å². The number of ketones is 1. The summed E-state index contributed by atoms with van der Waals surface area (Å²) >= 11 is 0. The molecule has 2 aliphatic rings. The summed E-state index contributed by atoms with van der Waals surface area (Å²) in [5.41, 5.74) is 2.04. The minimum absolute atomic E-state index is 0.274. The Kier molecular flexibility index (Phi) is 3.35. The van der Waals surface area contributed by atoms with Gasteiger partial charge in [-0.15, -0.1) is 0 Å². The lowest BCUT2D eigenvalue weighted by Gasteiger charge is -2.19. The van der Waals surface area contributed by atoms with Crippen LogP contribution in [0.1, 0.15) is 60.9 Å². The third-order valence-electron chi connectivity index (χ3n) is 4.13. The second kappa shape index (κ2) is 5.13. The molecule has 18 heavy (non-hydrogen) atoms. The van der Waals surface area contributed by atoms with Crippen molar-refractivity contribution in [2.45, 2.75) is 57.5 Å². The van der Waals surface area contributed by atoms with Crippen molar-refractivity contribution >= 4 is 5.78 Å². The highest BCUT2D eigenvalue weighted by Crippen LogP contribution is 2.32. The van der Waals surface area contributed by atoms with Crippen LogP contribution in [0, 0.1) is 0 Å². The molecule has 2 nitrogen and oxygen atoms in total. The number of carbonyl (C=O) groups excluding carboxylic acids is 1. The Bertz CT molecular complexity index is 442. The Labute approximate surface area is 108 Å². The third-order valence-corrected chi connectivity index (χ3v) is 4.13. The van der Waals surface area contributed by atoms with Gasteiger partial charge in [0.1, 0.15) is 5.75 Å². The monoisotopic (exact) mass is 244 g/mol. The molecule has 0 atom stereocenters. The molecule has 0 radical (unpaired) electrons. The van der Waals surface area contributed by atoms with Gasteiger partial charge in [0.05, 0.1) is 6.10 Å². The number of hydrogen-bond acceptors (Lipinski definition) is 2. The van der Waals surface area contributed by atoms with E-state index in [1.54, 1.807) is 0 Å². The van der Waals surface area contributed by atoms with Crippen LogP contribution in [-0.4, -0.2) is 11.9 Å². The quantitative estimate of drug-likeness (QED) is 0.737. The maximum absolute atomic E-state index is 11.7. The molecule has 2 heteroatoms. The Morgan fingerprint density at radius 1 is 1.00 bits per heavy atom. The molecule has 2 aliphatic carbocycles. The van der Waals surface area contributed by atoms with E-state index in [0.29, 0.717) is 12.5 Å². The van der Waals surface area contributed by atoms with E-state index in [0.717, 1.165) is 36.1 Å². The smallest absolute Gasteiger partial charge is 0.163 e. The van der Waals surface area contributed by atoms with E-state index in [9.17, 15) is 4.79 Å². The highest BCUT2D eigenvalue weighted by molar-refractivity contribution is 6.01. The van der Waals surface area contributed by atoms with E-state index >= 15 is 0 Å². The van der Waals surface area contributed by atoms with Gasteiger partial charge in [-0.3, -0.25) is 4.79 Å². The average molecular weight is 244 g/mol. The normalized spacial score (nSPS) is 20.6. The summed E-state index contributed by atoms with van der Waals surface area (Å²) in [5, 5.41) is 0. The van der Waals surface area contributed by atoms with Crippen molar-refractivity contribution in [3.8, 4) is 5.75 Å². The SMILES string of the molecule is O=C1CCc2c(OC3CCCCCC3)cccc21. The number of rotatable bonds is 2. The van der Waals surface area contributed by atoms with Crippen molar-refractivity contribution in [3.63, 3.8) is 0 Å². The van der Waals surface area contributed by atoms with Gasteiger partial charge in [0.15, 0.2) is 5.78 Å². The largest absolute Gasteiger partial charge is 0.490 e. The van der Waals surface area contributed by atoms with E-state index in [2.05, 4.69) is 0 Å². The predicted molar refractivity (Wildman–Crippen MR) is 71.2 cm³/mol. The van der Waals surface area contributed by atoms with Gasteiger partial charge in [-0.1, -0.05) is 25.0 Å². The van der Waals surface area contributed by atoms with Crippen LogP contribution in [0.15, 0.2) is 18.2 Å². The van der Waals surface area contributed by atoms with Crippen LogP contribution >= 0.6 is 0 Å². The maximum atomic E-state index is 11.7. The van der Waals surface area contributed by atoms with E-state index in [1.807, 2.05) is 18.2 Å². The fraction of sp³-hybridized carbons (Fsp3) is 0.562. The van der Waals surface area contributed by atoms with Crippen molar-refractivity contribution in [2.24, 2.45) is 0 Å². The molecule has 0 unspecified atom stereocenters. The van der Waals surface area contributed by atoms with Gasteiger partial charge in [-0.2, -0.15) is 0 Å². The summed E-state index contributed by atoms with van der Waals surface area (Å²) < 4.78 is 6.17. The molecule has 0 saturated heterocycles. The Morgan fingerprint density at radius 3 is 2.56 bits per heavy atom. The third kappa shape index (κ3) is 2.29. The zero-order valence-corrected chi connectivity index (χ0v) is 10.8. The van der Waals surface area contributed by atoms with Gasteiger partial charge in [0, 0.05) is 17.5 Å². The van der Waals surface area contributed by atoms with Crippen molar-refractivity contribution in [2.75, 3.05) is 0 Å². The standard InChI is InChI=1S/C16H20O2/c17-15-11-10-14-13(15)8-5-9-16(14)18-12-6-3-1-2-4-7-12/h5,8-9,12H,1-4,6-7,10-11H2. The minimum Gasteiger partial charge on any atom is -0.490 e. The lowest BCUT2D eigenvalue weighted by molar-refractivity contribution is 0.0994. The highest BCUT2D eigenvalue weighted by atomic mass is 16.5. The molecular weight excluding hydrogens is 224 g/mol. The first-order valence-electron chi connectivity index (χ1n) is 7.16. The lowest BCUT2D eigenvalue weighted by atomic mass is 10.1. The zero-order valence-electron chi connectivity index (χ0n) is 10.8. The van der Waals surface area contributed by atoms with E-state index in [4.69, 9.17) is 4.74 Å². The van der Waals surface area contributed by atoms with Crippen LogP contribution in [0.4, 0.5) is 0 Å². The number of fused-ring (bicyclic) bond motifs is 1. The molecule has 0 amide bonds. The molecule has 1 aromatic rings. The number of Topliss-reactive ketones (excluding diaryl/α,β-unsaturated/α-hetero) is 1. The molecule has 0 spiro atoms. The fourth-order valence-electron chi connectivity index (χ4n) is 3.11. The number of benzene rings is 1. The first-order valence-corrected chi connectivity index (χ1v) is 7.16. The molecule has 0 heterocycles. The Hall–Kier alpha value is -1.31. The van der Waals surface area contributed by atoms with Crippen molar-refractivity contribution < 1.29 is 9.53 Å². The van der Waals surface area contributed by atoms with Crippen LogP contribution in [0.5, 0.6) is 5.75 Å². The summed E-state index contributed by atoms with van der Waals surface area (Å²) in [6.07, 6.45) is 9.43. The minimum atomic E-state index is 0.274. The molecule has 0 aliphatic heterocycles. The van der Waals surface area contributed by atoms with Crippen LogP contribution in [0.25, 0.3) is 0 Å². The summed E-state index contributed by atoms with van der Waals surface area (Å²) in [6.45, 7) is 0. The van der Waals surface area contributed by atoms with Crippen LogP contribution in [0.3, 0.4) is 0 Å². The first kappa shape index (κ1) is 11.8. The zero-order chi connectivity index (χ0) is 12.4. The molecule has 1 saturated carbocycles. The van der Waals surface area contributed by atoms with Crippen molar-refractivity contribution in [3.05, 3.63) is 29.3 Å². The second-order valence-electron chi connectivity index (χ2n) is 5.44. The maximum Gasteiger partial charge on any atom is 0.163 e.